The summed E-state index contributed by atoms with van der Waals surface area (Å²) in [6.45, 7) is 4.17. The molecule has 1 N–H and O–H groups in total. The number of nitrogens with one attached hydrogen (secondary N) is 1. The molecule has 1 fully saturated rings. The van der Waals surface area contributed by atoms with Crippen LogP contribution in [0.1, 0.15) is 18.4 Å². The molecule has 5 heteroatoms. The summed E-state index contributed by atoms with van der Waals surface area (Å²) in [5.74, 6) is 2.63. The monoisotopic (exact) mass is 493 g/mol. The average Bonchev–Trinajstić information content (AvgIpc) is 3.13. The van der Waals surface area contributed by atoms with Crippen LogP contribution in [0.2, 0.25) is 0 Å². The highest BCUT2D eigenvalue weighted by atomic mass is 79.9. The van der Waals surface area contributed by atoms with Crippen LogP contribution in [0.5, 0.6) is 17.2 Å². The van der Waals surface area contributed by atoms with Crippen LogP contribution in [0.25, 0.3) is 20.5 Å². The van der Waals surface area contributed by atoms with Crippen molar-refractivity contribution in [2.24, 2.45) is 0 Å². The van der Waals surface area contributed by atoms with E-state index in [2.05, 4.69) is 70.6 Å². The summed E-state index contributed by atoms with van der Waals surface area (Å²) in [4.78, 5) is 1.14. The molecule has 158 valence electrons. The molecule has 4 aromatic rings. The van der Waals surface area contributed by atoms with Crippen LogP contribution < -0.4 is 14.8 Å². The first kappa shape index (κ1) is 20.6. The standard InChI is InChI=1S/C26H24BrNO2S/c1-17-2-11-23-24(16-17)31-26(18-3-5-19(27)6-4-18)25(23)30-21-9-7-20(8-10-21)29-22-12-14-28-15-13-22/h2-11,16,22,28H,12-15H2,1H3. The number of hydrogen-bond acceptors (Lipinski definition) is 4. The maximum absolute atomic E-state index is 6.47. The van der Waals surface area contributed by atoms with Gasteiger partial charge in [0, 0.05) is 14.6 Å². The van der Waals surface area contributed by atoms with Crippen LogP contribution in [0.4, 0.5) is 0 Å². The lowest BCUT2D eigenvalue weighted by Gasteiger charge is -2.23. The number of piperidine rings is 1. The largest absolute Gasteiger partial charge is 0.490 e. The minimum Gasteiger partial charge on any atom is -0.490 e. The van der Waals surface area contributed by atoms with Gasteiger partial charge in [-0.15, -0.1) is 11.3 Å². The molecule has 0 atom stereocenters. The third-order valence-corrected chi connectivity index (χ3v) is 7.25. The van der Waals surface area contributed by atoms with Gasteiger partial charge in [-0.1, -0.05) is 34.1 Å². The molecule has 2 heterocycles. The number of aryl methyl sites for hydroxylation is 1. The van der Waals surface area contributed by atoms with Crippen LogP contribution in [0, 0.1) is 6.92 Å². The molecule has 0 radical (unpaired) electrons. The Hall–Kier alpha value is -2.34. The molecule has 0 saturated carbocycles. The van der Waals surface area contributed by atoms with Gasteiger partial charge in [0.15, 0.2) is 5.75 Å². The number of hydrogen-bond donors (Lipinski definition) is 1. The summed E-state index contributed by atoms with van der Waals surface area (Å²) in [6, 6.07) is 22.9. The van der Waals surface area contributed by atoms with Crippen molar-refractivity contribution < 1.29 is 9.47 Å². The van der Waals surface area contributed by atoms with Gasteiger partial charge >= 0.3 is 0 Å². The molecule has 0 amide bonds. The molecule has 1 aliphatic heterocycles. The Kier molecular flexibility index (Phi) is 5.99. The van der Waals surface area contributed by atoms with Crippen LogP contribution in [0.15, 0.2) is 71.2 Å². The number of benzene rings is 3. The van der Waals surface area contributed by atoms with Gasteiger partial charge in [-0.05, 0) is 92.5 Å². The van der Waals surface area contributed by atoms with E-state index < -0.39 is 0 Å². The van der Waals surface area contributed by atoms with Crippen molar-refractivity contribution in [2.45, 2.75) is 25.9 Å². The molecule has 3 nitrogen and oxygen atoms in total. The highest BCUT2D eigenvalue weighted by Gasteiger charge is 2.17. The van der Waals surface area contributed by atoms with Crippen LogP contribution in [-0.2, 0) is 0 Å². The first-order chi connectivity index (χ1) is 15.2. The lowest BCUT2D eigenvalue weighted by atomic mass is 10.1. The Morgan fingerprint density at radius 3 is 2.35 bits per heavy atom. The third kappa shape index (κ3) is 4.64. The van der Waals surface area contributed by atoms with E-state index in [9.17, 15) is 0 Å². The Balaban J connectivity index is 1.45. The first-order valence-corrected chi connectivity index (χ1v) is 12.2. The number of halogens is 1. The van der Waals surface area contributed by atoms with Crippen molar-refractivity contribution in [2.75, 3.05) is 13.1 Å². The molecule has 3 aromatic carbocycles. The van der Waals surface area contributed by atoms with Crippen molar-refractivity contribution in [3.63, 3.8) is 0 Å². The van der Waals surface area contributed by atoms with Gasteiger partial charge in [0.2, 0.25) is 0 Å². The van der Waals surface area contributed by atoms with Gasteiger partial charge in [0.05, 0.1) is 4.88 Å². The minimum atomic E-state index is 0.293. The van der Waals surface area contributed by atoms with Crippen molar-refractivity contribution in [3.8, 4) is 27.7 Å². The second-order valence-corrected chi connectivity index (χ2v) is 9.88. The zero-order chi connectivity index (χ0) is 21.2. The second-order valence-electron chi connectivity index (χ2n) is 7.91. The number of thiophene rings is 1. The van der Waals surface area contributed by atoms with E-state index in [1.54, 1.807) is 11.3 Å². The predicted molar refractivity (Wildman–Crippen MR) is 133 cm³/mol. The van der Waals surface area contributed by atoms with Crippen LogP contribution in [-0.4, -0.2) is 19.2 Å². The maximum atomic E-state index is 6.47. The first-order valence-electron chi connectivity index (χ1n) is 10.6. The Morgan fingerprint density at radius 1 is 0.903 bits per heavy atom. The van der Waals surface area contributed by atoms with Crippen molar-refractivity contribution in [3.05, 3.63) is 76.8 Å². The van der Waals surface area contributed by atoms with Crippen molar-refractivity contribution in [1.29, 1.82) is 0 Å². The molecule has 0 bridgehead atoms. The van der Waals surface area contributed by atoms with Gasteiger partial charge in [-0.2, -0.15) is 0 Å². The minimum absolute atomic E-state index is 0.293. The summed E-state index contributed by atoms with van der Waals surface area (Å²) < 4.78 is 14.9. The second kappa shape index (κ2) is 9.03. The van der Waals surface area contributed by atoms with E-state index in [0.29, 0.717) is 6.10 Å². The summed E-state index contributed by atoms with van der Waals surface area (Å²) in [7, 11) is 0. The fourth-order valence-corrected chi connectivity index (χ4v) is 5.38. The lowest BCUT2D eigenvalue weighted by Crippen LogP contribution is -2.34. The topological polar surface area (TPSA) is 30.5 Å². The molecular formula is C26H24BrNO2S. The summed E-state index contributed by atoms with van der Waals surface area (Å²) >= 11 is 5.31. The Morgan fingerprint density at radius 2 is 1.61 bits per heavy atom. The smallest absolute Gasteiger partial charge is 0.153 e. The Labute approximate surface area is 195 Å². The SMILES string of the molecule is Cc1ccc2c(Oc3ccc(OC4CCNCC4)cc3)c(-c3ccc(Br)cc3)sc2c1. The molecule has 0 unspecified atom stereocenters. The highest BCUT2D eigenvalue weighted by molar-refractivity contribution is 9.10. The van der Waals surface area contributed by atoms with E-state index >= 15 is 0 Å². The lowest BCUT2D eigenvalue weighted by molar-refractivity contribution is 0.162. The zero-order valence-electron chi connectivity index (χ0n) is 17.4. The molecule has 1 aliphatic rings. The average molecular weight is 494 g/mol. The van der Waals surface area contributed by atoms with E-state index in [-0.39, 0.29) is 0 Å². The molecule has 1 aromatic heterocycles. The summed E-state index contributed by atoms with van der Waals surface area (Å²) in [5.41, 5.74) is 2.41. The molecule has 31 heavy (non-hydrogen) atoms. The molecule has 1 saturated heterocycles. The Bertz CT molecular complexity index is 1180. The number of rotatable bonds is 5. The van der Waals surface area contributed by atoms with E-state index in [4.69, 9.17) is 9.47 Å². The van der Waals surface area contributed by atoms with Gasteiger partial charge in [-0.25, -0.2) is 0 Å². The van der Waals surface area contributed by atoms with Gasteiger partial charge in [0.1, 0.15) is 17.6 Å². The summed E-state index contributed by atoms with van der Waals surface area (Å²) in [5, 5.41) is 4.51. The van der Waals surface area contributed by atoms with Gasteiger partial charge in [-0.3, -0.25) is 0 Å². The fraction of sp³-hybridized carbons (Fsp3) is 0.231. The maximum Gasteiger partial charge on any atom is 0.153 e. The van der Waals surface area contributed by atoms with E-state index in [1.165, 1.54) is 10.3 Å². The van der Waals surface area contributed by atoms with Crippen LogP contribution in [0.3, 0.4) is 0 Å². The summed E-state index contributed by atoms with van der Waals surface area (Å²) in [6.07, 6.45) is 2.39. The molecule has 0 spiro atoms. The van der Waals surface area contributed by atoms with Crippen molar-refractivity contribution in [1.82, 2.24) is 5.32 Å². The molecule has 0 aliphatic carbocycles. The highest BCUT2D eigenvalue weighted by Crippen LogP contribution is 2.46. The van der Waals surface area contributed by atoms with Gasteiger partial charge in [0.25, 0.3) is 0 Å². The number of ether oxygens (including phenoxy) is 2. The predicted octanol–water partition coefficient (Wildman–Crippen LogP) is 7.56. The van der Waals surface area contributed by atoms with Crippen molar-refractivity contribution >= 4 is 37.4 Å². The quantitative estimate of drug-likeness (QED) is 0.311. The third-order valence-electron chi connectivity index (χ3n) is 5.54. The molecular weight excluding hydrogens is 470 g/mol. The fourth-order valence-electron chi connectivity index (χ4n) is 3.88. The van der Waals surface area contributed by atoms with Crippen LogP contribution >= 0.6 is 27.3 Å². The normalized spacial score (nSPS) is 14.6. The van der Waals surface area contributed by atoms with E-state index in [1.807, 2.05) is 24.3 Å². The van der Waals surface area contributed by atoms with E-state index in [0.717, 1.165) is 63.5 Å². The molecule has 5 rings (SSSR count). The number of fused-ring (bicyclic) bond motifs is 1. The van der Waals surface area contributed by atoms with Gasteiger partial charge < -0.3 is 14.8 Å². The zero-order valence-corrected chi connectivity index (χ0v) is 19.8.